The van der Waals surface area contributed by atoms with Crippen LogP contribution in [0.2, 0.25) is 0 Å². The minimum absolute atomic E-state index is 0.304. The molecule has 0 aliphatic rings. The second-order valence-electron chi connectivity index (χ2n) is 4.19. The molecular formula is C14H22O3. The summed E-state index contributed by atoms with van der Waals surface area (Å²) in [7, 11) is 1.60. The van der Waals surface area contributed by atoms with Crippen LogP contribution < -0.4 is 4.74 Å². The maximum absolute atomic E-state index is 10.4. The van der Waals surface area contributed by atoms with E-state index in [1.54, 1.807) is 7.11 Å². The Kier molecular flexibility index (Phi) is 5.45. The van der Waals surface area contributed by atoms with E-state index in [0.29, 0.717) is 13.0 Å². The van der Waals surface area contributed by atoms with E-state index in [0.717, 1.165) is 24.3 Å². The summed E-state index contributed by atoms with van der Waals surface area (Å²) in [6, 6.07) is 7.57. The van der Waals surface area contributed by atoms with Crippen LogP contribution in [-0.4, -0.2) is 25.4 Å². The van der Waals surface area contributed by atoms with Crippen LogP contribution in [0.25, 0.3) is 0 Å². The second-order valence-corrected chi connectivity index (χ2v) is 4.19. The summed E-state index contributed by atoms with van der Waals surface area (Å²) in [4.78, 5) is 0. The van der Waals surface area contributed by atoms with Crippen molar-refractivity contribution in [3.05, 3.63) is 29.8 Å². The SMILES string of the molecule is CCCOc1ccc(C(O)(CC)COC)cc1. The first kappa shape index (κ1) is 14.0. The van der Waals surface area contributed by atoms with Gasteiger partial charge in [-0.15, -0.1) is 0 Å². The standard InChI is InChI=1S/C14H22O3/c1-4-10-17-13-8-6-12(7-9-13)14(15,5-2)11-16-3/h6-9,15H,4-5,10-11H2,1-3H3. The molecule has 0 heterocycles. The van der Waals surface area contributed by atoms with E-state index >= 15 is 0 Å². The van der Waals surface area contributed by atoms with Gasteiger partial charge in [0.05, 0.1) is 13.2 Å². The zero-order valence-corrected chi connectivity index (χ0v) is 10.9. The fourth-order valence-corrected chi connectivity index (χ4v) is 1.71. The molecule has 0 saturated heterocycles. The van der Waals surface area contributed by atoms with Crippen molar-refractivity contribution < 1.29 is 14.6 Å². The van der Waals surface area contributed by atoms with Crippen molar-refractivity contribution in [1.82, 2.24) is 0 Å². The van der Waals surface area contributed by atoms with Gasteiger partial charge in [0.2, 0.25) is 0 Å². The molecule has 0 spiro atoms. The van der Waals surface area contributed by atoms with E-state index in [9.17, 15) is 5.11 Å². The number of methoxy groups -OCH3 is 1. The Morgan fingerprint density at radius 3 is 2.29 bits per heavy atom. The van der Waals surface area contributed by atoms with Gasteiger partial charge >= 0.3 is 0 Å². The third kappa shape index (κ3) is 3.72. The molecule has 3 nitrogen and oxygen atoms in total. The van der Waals surface area contributed by atoms with Gasteiger partial charge < -0.3 is 14.6 Å². The lowest BCUT2D eigenvalue weighted by atomic mass is 9.92. The number of rotatable bonds is 7. The Labute approximate surface area is 103 Å². The molecule has 0 radical (unpaired) electrons. The highest BCUT2D eigenvalue weighted by molar-refractivity contribution is 5.31. The molecule has 1 aromatic rings. The average molecular weight is 238 g/mol. The molecular weight excluding hydrogens is 216 g/mol. The lowest BCUT2D eigenvalue weighted by Gasteiger charge is -2.26. The van der Waals surface area contributed by atoms with Crippen LogP contribution in [-0.2, 0) is 10.3 Å². The highest BCUT2D eigenvalue weighted by Gasteiger charge is 2.26. The van der Waals surface area contributed by atoms with Gasteiger partial charge in [0.15, 0.2) is 0 Å². The first-order valence-electron chi connectivity index (χ1n) is 6.11. The first-order chi connectivity index (χ1) is 8.16. The number of hydrogen-bond acceptors (Lipinski definition) is 3. The summed E-state index contributed by atoms with van der Waals surface area (Å²) < 4.78 is 10.6. The predicted octanol–water partition coefficient (Wildman–Crippen LogP) is 2.72. The molecule has 0 aromatic heterocycles. The maximum atomic E-state index is 10.4. The molecule has 1 unspecified atom stereocenters. The van der Waals surface area contributed by atoms with Crippen molar-refractivity contribution in [3.8, 4) is 5.75 Å². The summed E-state index contributed by atoms with van der Waals surface area (Å²) in [5.74, 6) is 0.839. The van der Waals surface area contributed by atoms with Crippen molar-refractivity contribution in [1.29, 1.82) is 0 Å². The Balaban J connectivity index is 2.77. The Morgan fingerprint density at radius 2 is 1.82 bits per heavy atom. The molecule has 0 fully saturated rings. The molecule has 0 saturated carbocycles. The number of ether oxygens (including phenoxy) is 2. The van der Waals surface area contributed by atoms with Gasteiger partial charge in [-0.1, -0.05) is 26.0 Å². The third-order valence-electron chi connectivity index (χ3n) is 2.83. The Bertz CT molecular complexity index is 321. The quantitative estimate of drug-likeness (QED) is 0.793. The molecule has 0 bridgehead atoms. The topological polar surface area (TPSA) is 38.7 Å². The average Bonchev–Trinajstić information content (AvgIpc) is 2.37. The van der Waals surface area contributed by atoms with Gasteiger partial charge in [-0.3, -0.25) is 0 Å². The normalized spacial score (nSPS) is 14.4. The van der Waals surface area contributed by atoms with Crippen LogP contribution in [0.5, 0.6) is 5.75 Å². The van der Waals surface area contributed by atoms with Crippen molar-refractivity contribution in [2.75, 3.05) is 20.3 Å². The van der Waals surface area contributed by atoms with Crippen LogP contribution >= 0.6 is 0 Å². The highest BCUT2D eigenvalue weighted by atomic mass is 16.5. The van der Waals surface area contributed by atoms with Crippen molar-refractivity contribution in [2.45, 2.75) is 32.3 Å². The van der Waals surface area contributed by atoms with E-state index in [4.69, 9.17) is 9.47 Å². The molecule has 1 N–H and O–H groups in total. The first-order valence-corrected chi connectivity index (χ1v) is 6.11. The van der Waals surface area contributed by atoms with E-state index in [-0.39, 0.29) is 0 Å². The van der Waals surface area contributed by atoms with Crippen LogP contribution in [0.15, 0.2) is 24.3 Å². The molecule has 96 valence electrons. The number of hydrogen-bond donors (Lipinski definition) is 1. The highest BCUT2D eigenvalue weighted by Crippen LogP contribution is 2.26. The molecule has 1 atom stereocenters. The van der Waals surface area contributed by atoms with Crippen LogP contribution in [0, 0.1) is 0 Å². The molecule has 17 heavy (non-hydrogen) atoms. The van der Waals surface area contributed by atoms with Gasteiger partial charge in [-0.05, 0) is 30.5 Å². The molecule has 0 amide bonds. The Morgan fingerprint density at radius 1 is 1.18 bits per heavy atom. The van der Waals surface area contributed by atoms with Gasteiger partial charge in [-0.2, -0.15) is 0 Å². The Hall–Kier alpha value is -1.06. The summed E-state index contributed by atoms with van der Waals surface area (Å²) in [5, 5.41) is 10.4. The van der Waals surface area contributed by atoms with E-state index in [1.165, 1.54) is 0 Å². The third-order valence-corrected chi connectivity index (χ3v) is 2.83. The smallest absolute Gasteiger partial charge is 0.119 e. The lowest BCUT2D eigenvalue weighted by Crippen LogP contribution is -2.30. The number of aliphatic hydroxyl groups is 1. The fraction of sp³-hybridized carbons (Fsp3) is 0.571. The van der Waals surface area contributed by atoms with Crippen LogP contribution in [0.3, 0.4) is 0 Å². The molecule has 1 aromatic carbocycles. The minimum atomic E-state index is -0.905. The number of benzene rings is 1. The minimum Gasteiger partial charge on any atom is -0.494 e. The monoisotopic (exact) mass is 238 g/mol. The lowest BCUT2D eigenvalue weighted by molar-refractivity contribution is -0.0386. The summed E-state index contributed by atoms with van der Waals surface area (Å²) >= 11 is 0. The molecule has 0 aliphatic carbocycles. The predicted molar refractivity (Wildman–Crippen MR) is 68.3 cm³/mol. The second kappa shape index (κ2) is 6.62. The summed E-state index contributed by atoms with van der Waals surface area (Å²) in [6.07, 6.45) is 1.61. The zero-order valence-electron chi connectivity index (χ0n) is 10.9. The van der Waals surface area contributed by atoms with E-state index in [2.05, 4.69) is 6.92 Å². The van der Waals surface area contributed by atoms with Crippen LogP contribution in [0.1, 0.15) is 32.3 Å². The molecule has 0 aliphatic heterocycles. The summed E-state index contributed by atoms with van der Waals surface area (Å²) in [6.45, 7) is 5.04. The summed E-state index contributed by atoms with van der Waals surface area (Å²) in [5.41, 5.74) is -0.0383. The zero-order chi connectivity index (χ0) is 12.7. The van der Waals surface area contributed by atoms with Gasteiger partial charge in [0.25, 0.3) is 0 Å². The van der Waals surface area contributed by atoms with Crippen molar-refractivity contribution in [3.63, 3.8) is 0 Å². The maximum Gasteiger partial charge on any atom is 0.119 e. The van der Waals surface area contributed by atoms with E-state index < -0.39 is 5.60 Å². The van der Waals surface area contributed by atoms with Crippen LogP contribution in [0.4, 0.5) is 0 Å². The van der Waals surface area contributed by atoms with E-state index in [1.807, 2.05) is 31.2 Å². The molecule has 1 rings (SSSR count). The molecule has 3 heteroatoms. The van der Waals surface area contributed by atoms with Gasteiger partial charge in [0.1, 0.15) is 11.4 Å². The van der Waals surface area contributed by atoms with Crippen molar-refractivity contribution in [2.24, 2.45) is 0 Å². The fourth-order valence-electron chi connectivity index (χ4n) is 1.71. The van der Waals surface area contributed by atoms with Gasteiger partial charge in [0, 0.05) is 7.11 Å². The van der Waals surface area contributed by atoms with Crippen molar-refractivity contribution >= 4 is 0 Å². The largest absolute Gasteiger partial charge is 0.494 e. The van der Waals surface area contributed by atoms with Gasteiger partial charge in [-0.25, -0.2) is 0 Å².